The van der Waals surface area contributed by atoms with E-state index in [-0.39, 0.29) is 0 Å². The van der Waals surface area contributed by atoms with E-state index in [0.29, 0.717) is 23.8 Å². The number of anilines is 1. The van der Waals surface area contributed by atoms with Crippen molar-refractivity contribution in [3.63, 3.8) is 0 Å². The van der Waals surface area contributed by atoms with Crippen LogP contribution in [0.25, 0.3) is 11.0 Å². The zero-order valence-corrected chi connectivity index (χ0v) is 13.2. The lowest BCUT2D eigenvalue weighted by atomic mass is 9.77. The molecule has 21 heavy (non-hydrogen) atoms. The molecule has 1 saturated carbocycles. The van der Waals surface area contributed by atoms with Crippen molar-refractivity contribution >= 4 is 17.0 Å². The van der Waals surface area contributed by atoms with Gasteiger partial charge >= 0.3 is 0 Å². The maximum atomic E-state index is 6.25. The summed E-state index contributed by atoms with van der Waals surface area (Å²) in [5, 5.41) is 0. The fourth-order valence-corrected chi connectivity index (χ4v) is 3.81. The number of fused-ring (bicyclic) bond motifs is 1. The average Bonchev–Trinajstić information content (AvgIpc) is 2.81. The van der Waals surface area contributed by atoms with Gasteiger partial charge in [0.15, 0.2) is 0 Å². The van der Waals surface area contributed by atoms with Gasteiger partial charge in [0.1, 0.15) is 5.75 Å². The van der Waals surface area contributed by atoms with Crippen molar-refractivity contribution in [1.82, 2.24) is 9.55 Å². The molecule has 4 nitrogen and oxygen atoms in total. The van der Waals surface area contributed by atoms with Gasteiger partial charge < -0.3 is 15.0 Å². The number of aromatic nitrogens is 2. The number of nitrogen functional groups attached to an aromatic ring is 1. The molecule has 1 aromatic carbocycles. The maximum Gasteiger partial charge on any atom is 0.201 e. The predicted molar refractivity (Wildman–Crippen MR) is 86.5 cm³/mol. The predicted octanol–water partition coefficient (Wildman–Crippen LogP) is 4.01. The number of rotatable bonds is 3. The Morgan fingerprint density at radius 2 is 2.05 bits per heavy atom. The molecule has 1 aromatic heterocycles. The number of imidazole rings is 1. The van der Waals surface area contributed by atoms with E-state index >= 15 is 0 Å². The first-order valence-electron chi connectivity index (χ1n) is 7.93. The quantitative estimate of drug-likeness (QED) is 0.927. The van der Waals surface area contributed by atoms with E-state index in [1.807, 2.05) is 12.1 Å². The smallest absolute Gasteiger partial charge is 0.201 e. The van der Waals surface area contributed by atoms with Gasteiger partial charge in [0.05, 0.1) is 18.1 Å². The van der Waals surface area contributed by atoms with E-state index in [4.69, 9.17) is 10.5 Å². The first-order valence-corrected chi connectivity index (χ1v) is 7.93. The number of benzene rings is 1. The number of methoxy groups -OCH3 is 1. The van der Waals surface area contributed by atoms with E-state index in [9.17, 15) is 0 Å². The number of hydrogen-bond donors (Lipinski definition) is 1. The maximum absolute atomic E-state index is 6.25. The molecular weight excluding hydrogens is 262 g/mol. The lowest BCUT2D eigenvalue weighted by Crippen LogP contribution is -2.27. The van der Waals surface area contributed by atoms with E-state index in [0.717, 1.165) is 16.8 Å². The molecule has 2 aromatic rings. The first-order chi connectivity index (χ1) is 10.1. The molecule has 4 heteroatoms. The number of nitrogens with zero attached hydrogens (tertiary/aromatic N) is 2. The molecule has 0 bridgehead atoms. The molecule has 0 aliphatic heterocycles. The van der Waals surface area contributed by atoms with Gasteiger partial charge in [-0.25, -0.2) is 4.98 Å². The summed E-state index contributed by atoms with van der Waals surface area (Å²) in [6.45, 7) is 4.64. The van der Waals surface area contributed by atoms with Crippen molar-refractivity contribution in [3.8, 4) is 5.75 Å². The van der Waals surface area contributed by atoms with E-state index in [1.165, 1.54) is 25.7 Å². The molecular formula is C17H25N3O. The standard InChI is InChI=1S/C17H25N3O/c1-11(2)13-6-4-5-7-15(13)20-16-10-12(21-3)8-9-14(16)19-17(20)18/h8-11,13,15H,4-7H2,1-3H3,(H2,18,19). The molecule has 0 amide bonds. The molecule has 2 unspecified atom stereocenters. The summed E-state index contributed by atoms with van der Waals surface area (Å²) in [4.78, 5) is 4.54. The topological polar surface area (TPSA) is 53.1 Å². The first kappa shape index (κ1) is 14.2. The van der Waals surface area contributed by atoms with Crippen LogP contribution in [0.3, 0.4) is 0 Å². The Morgan fingerprint density at radius 1 is 1.29 bits per heavy atom. The second kappa shape index (κ2) is 5.58. The highest BCUT2D eigenvalue weighted by molar-refractivity contribution is 5.80. The molecule has 0 saturated heterocycles. The summed E-state index contributed by atoms with van der Waals surface area (Å²) in [5.41, 5.74) is 8.31. The Bertz CT molecular complexity index is 632. The monoisotopic (exact) mass is 287 g/mol. The van der Waals surface area contributed by atoms with Crippen molar-refractivity contribution < 1.29 is 4.74 Å². The Morgan fingerprint density at radius 3 is 2.76 bits per heavy atom. The van der Waals surface area contributed by atoms with Crippen molar-refractivity contribution in [2.45, 2.75) is 45.6 Å². The van der Waals surface area contributed by atoms with Gasteiger partial charge in [0.2, 0.25) is 5.95 Å². The Labute approximate surface area is 126 Å². The van der Waals surface area contributed by atoms with Gasteiger partial charge in [-0.3, -0.25) is 0 Å². The van der Waals surface area contributed by atoms with Crippen molar-refractivity contribution in [1.29, 1.82) is 0 Å². The van der Waals surface area contributed by atoms with Crippen LogP contribution in [0.4, 0.5) is 5.95 Å². The van der Waals surface area contributed by atoms with Gasteiger partial charge in [-0.2, -0.15) is 0 Å². The fraction of sp³-hybridized carbons (Fsp3) is 0.588. The highest BCUT2D eigenvalue weighted by Gasteiger charge is 2.31. The zero-order chi connectivity index (χ0) is 15.0. The summed E-state index contributed by atoms with van der Waals surface area (Å²) in [6, 6.07) is 6.45. The molecule has 1 fully saturated rings. The second-order valence-corrected chi connectivity index (χ2v) is 6.45. The summed E-state index contributed by atoms with van der Waals surface area (Å²) >= 11 is 0. The van der Waals surface area contributed by atoms with Crippen LogP contribution < -0.4 is 10.5 Å². The van der Waals surface area contributed by atoms with Crippen LogP contribution in [-0.4, -0.2) is 16.7 Å². The van der Waals surface area contributed by atoms with Crippen molar-refractivity contribution in [2.75, 3.05) is 12.8 Å². The summed E-state index contributed by atoms with van der Waals surface area (Å²) in [6.07, 6.45) is 5.08. The van der Waals surface area contributed by atoms with Crippen molar-refractivity contribution in [3.05, 3.63) is 18.2 Å². The molecule has 114 valence electrons. The van der Waals surface area contributed by atoms with E-state index in [2.05, 4.69) is 29.5 Å². The molecule has 2 N–H and O–H groups in total. The highest BCUT2D eigenvalue weighted by atomic mass is 16.5. The van der Waals surface area contributed by atoms with Gasteiger partial charge in [-0.05, 0) is 36.8 Å². The molecule has 2 atom stereocenters. The average molecular weight is 287 g/mol. The van der Waals surface area contributed by atoms with Gasteiger partial charge in [0.25, 0.3) is 0 Å². The third kappa shape index (κ3) is 2.47. The van der Waals surface area contributed by atoms with E-state index < -0.39 is 0 Å². The fourth-order valence-electron chi connectivity index (χ4n) is 3.81. The Kier molecular flexibility index (Phi) is 3.79. The summed E-state index contributed by atoms with van der Waals surface area (Å²) in [5.74, 6) is 2.83. The highest BCUT2D eigenvalue weighted by Crippen LogP contribution is 2.41. The van der Waals surface area contributed by atoms with Crippen LogP contribution in [0.2, 0.25) is 0 Å². The van der Waals surface area contributed by atoms with Gasteiger partial charge in [0, 0.05) is 12.1 Å². The number of hydrogen-bond acceptors (Lipinski definition) is 3. The number of ether oxygens (including phenoxy) is 1. The minimum absolute atomic E-state index is 0.454. The minimum atomic E-state index is 0.454. The number of nitrogens with two attached hydrogens (primary N) is 1. The summed E-state index contributed by atoms with van der Waals surface area (Å²) < 4.78 is 7.62. The third-order valence-corrected chi connectivity index (χ3v) is 4.89. The molecule has 0 spiro atoms. The summed E-state index contributed by atoms with van der Waals surface area (Å²) in [7, 11) is 1.70. The lowest BCUT2D eigenvalue weighted by molar-refractivity contribution is 0.189. The second-order valence-electron chi connectivity index (χ2n) is 6.45. The van der Waals surface area contributed by atoms with E-state index in [1.54, 1.807) is 7.11 Å². The largest absolute Gasteiger partial charge is 0.497 e. The molecule has 0 radical (unpaired) electrons. The molecule has 3 rings (SSSR count). The lowest BCUT2D eigenvalue weighted by Gasteiger charge is -2.36. The van der Waals surface area contributed by atoms with Gasteiger partial charge in [-0.15, -0.1) is 0 Å². The van der Waals surface area contributed by atoms with Crippen LogP contribution in [0.15, 0.2) is 18.2 Å². The van der Waals surface area contributed by atoms with Crippen LogP contribution in [0.5, 0.6) is 5.75 Å². The van der Waals surface area contributed by atoms with Crippen LogP contribution in [0.1, 0.15) is 45.6 Å². The van der Waals surface area contributed by atoms with Crippen LogP contribution >= 0.6 is 0 Å². The third-order valence-electron chi connectivity index (χ3n) is 4.89. The molecule has 1 heterocycles. The zero-order valence-electron chi connectivity index (χ0n) is 13.2. The molecule has 1 aliphatic carbocycles. The van der Waals surface area contributed by atoms with Crippen LogP contribution in [-0.2, 0) is 0 Å². The molecule has 1 aliphatic rings. The van der Waals surface area contributed by atoms with Gasteiger partial charge in [-0.1, -0.05) is 26.7 Å². The normalized spacial score (nSPS) is 22.9. The van der Waals surface area contributed by atoms with Crippen LogP contribution in [0, 0.1) is 11.8 Å². The Hall–Kier alpha value is -1.71. The Balaban J connectivity index is 2.11. The SMILES string of the molecule is COc1ccc2nc(N)n(C3CCCCC3C(C)C)c2c1. The van der Waals surface area contributed by atoms with Crippen molar-refractivity contribution in [2.24, 2.45) is 11.8 Å². The minimum Gasteiger partial charge on any atom is -0.497 e.